The number of methoxy groups -OCH3 is 1. The predicted molar refractivity (Wildman–Crippen MR) is 139 cm³/mol. The molecule has 0 aliphatic carbocycles. The van der Waals surface area contributed by atoms with Gasteiger partial charge in [0.2, 0.25) is 0 Å². The van der Waals surface area contributed by atoms with Crippen molar-refractivity contribution in [3.8, 4) is 17.0 Å². The number of anilines is 2. The average molecular weight is 457 g/mol. The van der Waals surface area contributed by atoms with Crippen LogP contribution in [0.5, 0.6) is 5.75 Å². The Bertz CT molecular complexity index is 1280. The number of nitrogens with zero attached hydrogens (tertiary/aromatic N) is 3. The van der Waals surface area contributed by atoms with Crippen LogP contribution in [0, 0.1) is 6.92 Å². The molecule has 0 atom stereocenters. The molecule has 0 radical (unpaired) electrons. The molecule has 176 valence electrons. The van der Waals surface area contributed by atoms with Gasteiger partial charge in [-0.1, -0.05) is 18.2 Å². The lowest BCUT2D eigenvalue weighted by Gasteiger charge is -2.33. The highest BCUT2D eigenvalue weighted by molar-refractivity contribution is 5.95. The number of nitrogens with one attached hydrogen (secondary N) is 3. The Labute approximate surface area is 200 Å². The van der Waals surface area contributed by atoms with Crippen molar-refractivity contribution in [3.05, 3.63) is 66.2 Å². The molecule has 4 aromatic rings. The van der Waals surface area contributed by atoms with Crippen molar-refractivity contribution in [1.82, 2.24) is 20.3 Å². The third-order valence-corrected chi connectivity index (χ3v) is 6.76. The monoisotopic (exact) mass is 456 g/mol. The molecule has 34 heavy (non-hydrogen) atoms. The molecule has 0 unspecified atom stereocenters. The third kappa shape index (κ3) is 4.43. The minimum absolute atomic E-state index is 0.513. The van der Waals surface area contributed by atoms with Crippen LogP contribution in [0.25, 0.3) is 22.2 Å². The van der Waals surface area contributed by atoms with E-state index in [4.69, 9.17) is 9.72 Å². The Hall–Kier alpha value is -3.58. The Morgan fingerprint density at radius 3 is 2.76 bits per heavy atom. The number of hydrogen-bond donors (Lipinski definition) is 3. The van der Waals surface area contributed by atoms with Crippen LogP contribution in [0.3, 0.4) is 0 Å². The van der Waals surface area contributed by atoms with Gasteiger partial charge in [-0.2, -0.15) is 0 Å². The van der Waals surface area contributed by atoms with E-state index in [1.54, 1.807) is 7.11 Å². The summed E-state index contributed by atoms with van der Waals surface area (Å²) in [6.45, 7) is 4.67. The summed E-state index contributed by atoms with van der Waals surface area (Å²) >= 11 is 0. The first-order valence-corrected chi connectivity index (χ1v) is 11.9. The van der Waals surface area contributed by atoms with E-state index in [0.717, 1.165) is 65.5 Å². The van der Waals surface area contributed by atoms with E-state index in [-0.39, 0.29) is 0 Å². The van der Waals surface area contributed by atoms with Crippen LogP contribution in [0.4, 0.5) is 11.4 Å². The minimum atomic E-state index is 0.513. The van der Waals surface area contributed by atoms with E-state index >= 15 is 0 Å². The van der Waals surface area contributed by atoms with Crippen molar-refractivity contribution in [1.29, 1.82) is 0 Å². The number of H-pyrrole nitrogens is 1. The summed E-state index contributed by atoms with van der Waals surface area (Å²) < 4.78 is 5.71. The maximum atomic E-state index is 5.71. The molecule has 1 aliphatic rings. The number of fused-ring (bicyclic) bond motifs is 1. The van der Waals surface area contributed by atoms with Gasteiger partial charge in [-0.3, -0.25) is 0 Å². The lowest BCUT2D eigenvalue weighted by molar-refractivity contribution is 0.415. The predicted octanol–water partition coefficient (Wildman–Crippen LogP) is 4.74. The number of para-hydroxylation sites is 1. The molecule has 0 saturated carbocycles. The lowest BCUT2D eigenvalue weighted by Crippen LogP contribution is -2.41. The SMILES string of the molecule is CNC1CCN(c2ccc(NCc3ncc(C)c(-c4c[nH]c5ccccc45)n3)c(OC)c2)CC1. The number of rotatable bonds is 7. The standard InChI is InChI=1S/C27H32N6O/c1-18-15-31-26(32-27(18)22-16-29-23-7-5-4-6-21(22)23)17-30-24-9-8-20(14-25(24)34-3)33-12-10-19(28-2)11-13-33/h4-9,14-16,19,28-30H,10-13,17H2,1-3H3. The van der Waals surface area contributed by atoms with E-state index in [0.29, 0.717) is 12.6 Å². The number of hydrogen-bond acceptors (Lipinski definition) is 6. The lowest BCUT2D eigenvalue weighted by atomic mass is 10.0. The van der Waals surface area contributed by atoms with Crippen LogP contribution in [0.2, 0.25) is 0 Å². The maximum absolute atomic E-state index is 5.71. The van der Waals surface area contributed by atoms with Crippen molar-refractivity contribution in [3.63, 3.8) is 0 Å². The topological polar surface area (TPSA) is 78.1 Å². The van der Waals surface area contributed by atoms with E-state index in [1.807, 2.05) is 25.5 Å². The molecular formula is C27H32N6O. The van der Waals surface area contributed by atoms with Gasteiger partial charge >= 0.3 is 0 Å². The smallest absolute Gasteiger partial charge is 0.147 e. The van der Waals surface area contributed by atoms with Crippen molar-refractivity contribution in [2.24, 2.45) is 0 Å². The fourth-order valence-electron chi connectivity index (χ4n) is 4.73. The van der Waals surface area contributed by atoms with Crippen LogP contribution in [0.1, 0.15) is 24.2 Å². The highest BCUT2D eigenvalue weighted by Gasteiger charge is 2.19. The zero-order valence-electron chi connectivity index (χ0n) is 20.1. The fraction of sp³-hybridized carbons (Fsp3) is 0.333. The Kier molecular flexibility index (Phi) is 6.36. The summed E-state index contributed by atoms with van der Waals surface area (Å²) in [5.74, 6) is 1.57. The second-order valence-electron chi connectivity index (χ2n) is 8.85. The molecule has 0 amide bonds. The van der Waals surface area contributed by atoms with Gasteiger partial charge < -0.3 is 25.3 Å². The normalized spacial score (nSPS) is 14.5. The van der Waals surface area contributed by atoms with Gasteiger partial charge in [0.1, 0.15) is 11.6 Å². The van der Waals surface area contributed by atoms with Gasteiger partial charge in [-0.15, -0.1) is 0 Å². The Morgan fingerprint density at radius 1 is 1.15 bits per heavy atom. The van der Waals surface area contributed by atoms with Crippen molar-refractivity contribution < 1.29 is 4.74 Å². The zero-order chi connectivity index (χ0) is 23.5. The molecule has 1 saturated heterocycles. The van der Waals surface area contributed by atoms with Crippen molar-refractivity contribution in [2.75, 3.05) is 37.5 Å². The van der Waals surface area contributed by atoms with Crippen LogP contribution < -0.4 is 20.3 Å². The maximum Gasteiger partial charge on any atom is 0.147 e. The van der Waals surface area contributed by atoms with Gasteiger partial charge in [0.25, 0.3) is 0 Å². The number of aromatic amines is 1. The summed E-state index contributed by atoms with van der Waals surface area (Å²) in [7, 11) is 3.76. The molecule has 7 heteroatoms. The van der Waals surface area contributed by atoms with Crippen LogP contribution >= 0.6 is 0 Å². The van der Waals surface area contributed by atoms with Crippen molar-refractivity contribution in [2.45, 2.75) is 32.4 Å². The summed E-state index contributed by atoms with van der Waals surface area (Å²) in [6, 6.07) is 15.3. The van der Waals surface area contributed by atoms with Gasteiger partial charge in [0.05, 0.1) is 25.0 Å². The number of ether oxygens (including phenoxy) is 1. The van der Waals surface area contributed by atoms with Gasteiger partial charge in [-0.25, -0.2) is 9.97 Å². The number of aryl methyl sites for hydroxylation is 1. The first-order chi connectivity index (χ1) is 16.7. The molecule has 0 bridgehead atoms. The number of aromatic nitrogens is 3. The van der Waals surface area contributed by atoms with Gasteiger partial charge in [-0.05, 0) is 50.6 Å². The molecule has 1 aliphatic heterocycles. The van der Waals surface area contributed by atoms with Crippen molar-refractivity contribution >= 4 is 22.3 Å². The highest BCUT2D eigenvalue weighted by atomic mass is 16.5. The number of benzene rings is 2. The third-order valence-electron chi connectivity index (χ3n) is 6.76. The minimum Gasteiger partial charge on any atom is -0.495 e. The first kappa shape index (κ1) is 22.2. The molecule has 3 heterocycles. The van der Waals surface area contributed by atoms with E-state index in [1.165, 1.54) is 11.1 Å². The zero-order valence-corrected chi connectivity index (χ0v) is 20.1. The summed E-state index contributed by atoms with van der Waals surface area (Å²) in [5, 5.41) is 8.03. The second-order valence-corrected chi connectivity index (χ2v) is 8.85. The largest absolute Gasteiger partial charge is 0.495 e. The van der Waals surface area contributed by atoms with Gasteiger partial charge in [0, 0.05) is 59.7 Å². The molecule has 7 nitrogen and oxygen atoms in total. The first-order valence-electron chi connectivity index (χ1n) is 11.9. The summed E-state index contributed by atoms with van der Waals surface area (Å²) in [5.41, 5.74) is 6.35. The molecular weight excluding hydrogens is 424 g/mol. The van der Waals surface area contributed by atoms with Crippen LogP contribution in [0.15, 0.2) is 54.9 Å². The molecule has 5 rings (SSSR count). The Balaban J connectivity index is 1.33. The summed E-state index contributed by atoms with van der Waals surface area (Å²) in [4.78, 5) is 15.2. The van der Waals surface area contributed by atoms with E-state index in [9.17, 15) is 0 Å². The molecule has 1 fully saturated rings. The molecule has 2 aromatic heterocycles. The number of piperidine rings is 1. The van der Waals surface area contributed by atoms with Gasteiger partial charge in [0.15, 0.2) is 0 Å². The fourth-order valence-corrected chi connectivity index (χ4v) is 4.73. The highest BCUT2D eigenvalue weighted by Crippen LogP contribution is 2.32. The Morgan fingerprint density at radius 2 is 1.97 bits per heavy atom. The van der Waals surface area contributed by atoms with Crippen LogP contribution in [-0.2, 0) is 6.54 Å². The van der Waals surface area contributed by atoms with Crippen LogP contribution in [-0.4, -0.2) is 48.2 Å². The second kappa shape index (κ2) is 9.73. The quantitative estimate of drug-likeness (QED) is 0.373. The summed E-state index contributed by atoms with van der Waals surface area (Å²) in [6.07, 6.45) is 6.24. The molecule has 2 aromatic carbocycles. The molecule has 3 N–H and O–H groups in total. The van der Waals surface area contributed by atoms with E-state index < -0.39 is 0 Å². The molecule has 0 spiro atoms. The van der Waals surface area contributed by atoms with E-state index in [2.05, 4.69) is 68.8 Å². The average Bonchev–Trinajstić information content (AvgIpc) is 3.32.